The van der Waals surface area contributed by atoms with Crippen LogP contribution in [-0.2, 0) is 4.79 Å². The third-order valence-electron chi connectivity index (χ3n) is 3.55. The van der Waals surface area contributed by atoms with Gasteiger partial charge in [0.05, 0.1) is 5.41 Å². The van der Waals surface area contributed by atoms with Crippen LogP contribution < -0.4 is 5.32 Å². The summed E-state index contributed by atoms with van der Waals surface area (Å²) in [6.07, 6.45) is 2.00. The SMILES string of the molecule is CC1(C(=O)O)CCCC1NC(=O)c1ccc(Cl)o1. The van der Waals surface area contributed by atoms with Crippen molar-refractivity contribution in [1.29, 1.82) is 0 Å². The number of hydrogen-bond donors (Lipinski definition) is 2. The first-order valence-corrected chi connectivity index (χ1v) is 6.11. The second kappa shape index (κ2) is 4.65. The Morgan fingerprint density at radius 3 is 2.83 bits per heavy atom. The van der Waals surface area contributed by atoms with E-state index in [-0.39, 0.29) is 17.0 Å². The molecule has 2 rings (SSSR count). The number of carbonyl (C=O) groups is 2. The Balaban J connectivity index is 2.10. The summed E-state index contributed by atoms with van der Waals surface area (Å²) < 4.78 is 4.99. The first-order valence-electron chi connectivity index (χ1n) is 5.73. The second-order valence-corrected chi connectivity index (χ2v) is 5.12. The van der Waals surface area contributed by atoms with E-state index < -0.39 is 17.3 Å². The lowest BCUT2D eigenvalue weighted by molar-refractivity contribution is -0.148. The molecule has 2 atom stereocenters. The normalized spacial score (nSPS) is 27.1. The molecule has 1 aromatic rings. The molecule has 1 aromatic heterocycles. The number of nitrogens with one attached hydrogen (secondary N) is 1. The molecule has 1 saturated carbocycles. The minimum Gasteiger partial charge on any atom is -0.481 e. The van der Waals surface area contributed by atoms with Crippen molar-refractivity contribution in [2.24, 2.45) is 5.41 Å². The average molecular weight is 272 g/mol. The van der Waals surface area contributed by atoms with Crippen molar-refractivity contribution in [2.75, 3.05) is 0 Å². The van der Waals surface area contributed by atoms with Gasteiger partial charge in [0.1, 0.15) is 0 Å². The fourth-order valence-electron chi connectivity index (χ4n) is 2.32. The van der Waals surface area contributed by atoms with E-state index in [0.717, 1.165) is 6.42 Å². The van der Waals surface area contributed by atoms with E-state index >= 15 is 0 Å². The Kier molecular flexibility index (Phi) is 3.34. The van der Waals surface area contributed by atoms with Crippen molar-refractivity contribution in [3.63, 3.8) is 0 Å². The molecule has 2 unspecified atom stereocenters. The third-order valence-corrected chi connectivity index (χ3v) is 3.75. The van der Waals surface area contributed by atoms with Gasteiger partial charge in [0, 0.05) is 6.04 Å². The molecule has 0 aliphatic heterocycles. The van der Waals surface area contributed by atoms with Gasteiger partial charge >= 0.3 is 5.97 Å². The predicted molar refractivity (Wildman–Crippen MR) is 64.6 cm³/mol. The standard InChI is InChI=1S/C12H14ClNO4/c1-12(11(16)17)6-2-3-8(12)14-10(15)7-4-5-9(13)18-7/h4-5,8H,2-3,6H2,1H3,(H,14,15)(H,16,17). The monoisotopic (exact) mass is 271 g/mol. The number of aliphatic carboxylic acids is 1. The molecule has 0 bridgehead atoms. The number of rotatable bonds is 3. The molecule has 98 valence electrons. The Morgan fingerprint density at radius 1 is 1.56 bits per heavy atom. The Bertz CT molecular complexity index is 484. The molecule has 18 heavy (non-hydrogen) atoms. The highest BCUT2D eigenvalue weighted by Crippen LogP contribution is 2.38. The fraction of sp³-hybridized carbons (Fsp3) is 0.500. The molecule has 0 radical (unpaired) electrons. The van der Waals surface area contributed by atoms with E-state index in [4.69, 9.17) is 16.0 Å². The average Bonchev–Trinajstić information content (AvgIpc) is 2.87. The van der Waals surface area contributed by atoms with Gasteiger partial charge in [-0.1, -0.05) is 6.42 Å². The maximum atomic E-state index is 11.9. The summed E-state index contributed by atoms with van der Waals surface area (Å²) in [5.74, 6) is -1.22. The van der Waals surface area contributed by atoms with Crippen molar-refractivity contribution < 1.29 is 19.1 Å². The smallest absolute Gasteiger partial charge is 0.311 e. The molecule has 1 fully saturated rings. The minimum atomic E-state index is -0.911. The van der Waals surface area contributed by atoms with E-state index in [2.05, 4.69) is 5.32 Å². The summed E-state index contributed by atoms with van der Waals surface area (Å²) in [4.78, 5) is 23.1. The number of amides is 1. The van der Waals surface area contributed by atoms with Crippen molar-refractivity contribution in [1.82, 2.24) is 5.32 Å². The number of carboxylic acid groups (broad SMARTS) is 1. The van der Waals surface area contributed by atoms with E-state index in [1.54, 1.807) is 6.92 Å². The van der Waals surface area contributed by atoms with Crippen LogP contribution in [0, 0.1) is 5.41 Å². The lowest BCUT2D eigenvalue weighted by atomic mass is 9.85. The summed E-state index contributed by atoms with van der Waals surface area (Å²) in [7, 11) is 0. The fourth-order valence-corrected chi connectivity index (χ4v) is 2.47. The summed E-state index contributed by atoms with van der Waals surface area (Å²) in [6, 6.07) is 2.55. The Morgan fingerprint density at radius 2 is 2.28 bits per heavy atom. The molecular weight excluding hydrogens is 258 g/mol. The zero-order chi connectivity index (χ0) is 13.3. The van der Waals surface area contributed by atoms with Crippen molar-refractivity contribution in [3.05, 3.63) is 23.1 Å². The highest BCUT2D eigenvalue weighted by Gasteiger charge is 2.46. The number of hydrogen-bond acceptors (Lipinski definition) is 3. The lowest BCUT2D eigenvalue weighted by Crippen LogP contribution is -2.46. The molecule has 1 heterocycles. The van der Waals surface area contributed by atoms with Crippen molar-refractivity contribution in [3.8, 4) is 0 Å². The van der Waals surface area contributed by atoms with Crippen LogP contribution in [0.5, 0.6) is 0 Å². The quantitative estimate of drug-likeness (QED) is 0.884. The molecule has 5 nitrogen and oxygen atoms in total. The van der Waals surface area contributed by atoms with E-state index in [1.165, 1.54) is 12.1 Å². The summed E-state index contributed by atoms with van der Waals surface area (Å²) in [6.45, 7) is 1.66. The summed E-state index contributed by atoms with van der Waals surface area (Å²) in [5.41, 5.74) is -0.911. The predicted octanol–water partition coefficient (Wildman–Crippen LogP) is 2.31. The van der Waals surface area contributed by atoms with E-state index in [1.807, 2.05) is 0 Å². The maximum absolute atomic E-state index is 11.9. The van der Waals surface area contributed by atoms with Crippen LogP contribution in [0.25, 0.3) is 0 Å². The molecule has 0 spiro atoms. The van der Waals surface area contributed by atoms with Gasteiger partial charge in [-0.2, -0.15) is 0 Å². The molecule has 0 aromatic carbocycles. The number of furan rings is 1. The largest absolute Gasteiger partial charge is 0.481 e. The van der Waals surface area contributed by atoms with Crippen molar-refractivity contribution >= 4 is 23.5 Å². The highest BCUT2D eigenvalue weighted by molar-refractivity contribution is 6.29. The number of carbonyl (C=O) groups excluding carboxylic acids is 1. The van der Waals surface area contributed by atoms with E-state index in [9.17, 15) is 14.7 Å². The van der Waals surface area contributed by atoms with Gasteiger partial charge in [0.2, 0.25) is 0 Å². The van der Waals surface area contributed by atoms with Gasteiger partial charge in [0.25, 0.3) is 5.91 Å². The van der Waals surface area contributed by atoms with Crippen LogP contribution in [0.1, 0.15) is 36.7 Å². The Hall–Kier alpha value is -1.49. The molecule has 6 heteroatoms. The summed E-state index contributed by atoms with van der Waals surface area (Å²) >= 11 is 5.59. The molecular formula is C12H14ClNO4. The topological polar surface area (TPSA) is 79.5 Å². The first kappa shape index (κ1) is 13.0. The molecule has 1 amide bonds. The van der Waals surface area contributed by atoms with E-state index in [0.29, 0.717) is 12.8 Å². The third kappa shape index (κ3) is 2.22. The first-order chi connectivity index (χ1) is 8.43. The maximum Gasteiger partial charge on any atom is 0.311 e. The molecule has 1 aliphatic carbocycles. The summed E-state index contributed by atoms with van der Waals surface area (Å²) in [5, 5.41) is 12.1. The zero-order valence-corrected chi connectivity index (χ0v) is 10.7. The molecule has 2 N–H and O–H groups in total. The van der Waals surface area contributed by atoms with Gasteiger partial charge < -0.3 is 14.8 Å². The van der Waals surface area contributed by atoms with Gasteiger partial charge in [-0.3, -0.25) is 9.59 Å². The van der Waals surface area contributed by atoms with Crippen LogP contribution in [-0.4, -0.2) is 23.0 Å². The van der Waals surface area contributed by atoms with Crippen LogP contribution in [0.4, 0.5) is 0 Å². The lowest BCUT2D eigenvalue weighted by Gasteiger charge is -2.27. The van der Waals surface area contributed by atoms with Crippen molar-refractivity contribution in [2.45, 2.75) is 32.2 Å². The second-order valence-electron chi connectivity index (χ2n) is 4.74. The van der Waals surface area contributed by atoms with Gasteiger partial charge in [0.15, 0.2) is 11.0 Å². The van der Waals surface area contributed by atoms with Gasteiger partial charge in [-0.15, -0.1) is 0 Å². The van der Waals surface area contributed by atoms with Gasteiger partial charge in [-0.25, -0.2) is 0 Å². The molecule has 1 aliphatic rings. The van der Waals surface area contributed by atoms with Crippen LogP contribution >= 0.6 is 11.6 Å². The van der Waals surface area contributed by atoms with Crippen LogP contribution in [0.15, 0.2) is 16.5 Å². The number of halogens is 1. The minimum absolute atomic E-state index is 0.0969. The Labute approximate surface area is 109 Å². The highest BCUT2D eigenvalue weighted by atomic mass is 35.5. The molecule has 0 saturated heterocycles. The van der Waals surface area contributed by atoms with Crippen LogP contribution in [0.2, 0.25) is 5.22 Å². The van der Waals surface area contributed by atoms with Crippen LogP contribution in [0.3, 0.4) is 0 Å². The zero-order valence-electron chi connectivity index (χ0n) is 9.90. The number of carboxylic acids is 1. The van der Waals surface area contributed by atoms with Gasteiger partial charge in [-0.05, 0) is 43.5 Å².